The van der Waals surface area contributed by atoms with Crippen molar-refractivity contribution < 1.29 is 14.3 Å². The van der Waals surface area contributed by atoms with Crippen molar-refractivity contribution in [2.24, 2.45) is 0 Å². The number of carbonyl (C=O) groups is 2. The van der Waals surface area contributed by atoms with Crippen molar-refractivity contribution in [3.8, 4) is 5.75 Å². The van der Waals surface area contributed by atoms with Crippen LogP contribution in [0.4, 0.5) is 0 Å². The lowest BCUT2D eigenvalue weighted by Gasteiger charge is -2.32. The maximum absolute atomic E-state index is 13.4. The predicted octanol–water partition coefficient (Wildman–Crippen LogP) is 5.29. The highest BCUT2D eigenvalue weighted by Crippen LogP contribution is 2.24. The summed E-state index contributed by atoms with van der Waals surface area (Å²) in [6.07, 6.45) is 6.86. The number of aryl methyl sites for hydroxylation is 2. The molecule has 0 aromatic heterocycles. The van der Waals surface area contributed by atoms with Crippen LogP contribution >= 0.6 is 0 Å². The maximum atomic E-state index is 13.4. The minimum Gasteiger partial charge on any atom is -0.483 e. The van der Waals surface area contributed by atoms with Gasteiger partial charge in [0.2, 0.25) is 5.91 Å². The Kier molecular flexibility index (Phi) is 9.55. The molecule has 34 heavy (non-hydrogen) atoms. The number of carbonyl (C=O) groups excluding carboxylic acids is 2. The van der Waals surface area contributed by atoms with Gasteiger partial charge in [-0.3, -0.25) is 9.59 Å². The van der Waals surface area contributed by atoms with E-state index in [9.17, 15) is 9.59 Å². The lowest BCUT2D eigenvalue weighted by Crippen LogP contribution is -2.53. The zero-order chi connectivity index (χ0) is 24.5. The number of rotatable bonds is 10. The highest BCUT2D eigenvalue weighted by molar-refractivity contribution is 5.88. The van der Waals surface area contributed by atoms with E-state index in [2.05, 4.69) is 23.5 Å². The third kappa shape index (κ3) is 7.09. The summed E-state index contributed by atoms with van der Waals surface area (Å²) in [5, 5.41) is 3.23. The molecule has 1 saturated carbocycles. The summed E-state index contributed by atoms with van der Waals surface area (Å²) in [6, 6.07) is 13.9. The van der Waals surface area contributed by atoms with Crippen molar-refractivity contribution in [3.05, 3.63) is 64.7 Å². The first-order valence-corrected chi connectivity index (χ1v) is 12.7. The molecule has 0 heterocycles. The smallest absolute Gasteiger partial charge is 0.261 e. The molecule has 3 rings (SSSR count). The van der Waals surface area contributed by atoms with Gasteiger partial charge in [0.05, 0.1) is 0 Å². The zero-order valence-corrected chi connectivity index (χ0v) is 21.2. The molecule has 2 aromatic carbocycles. The topological polar surface area (TPSA) is 58.6 Å². The number of amides is 2. The van der Waals surface area contributed by atoms with Crippen LogP contribution in [0.1, 0.15) is 67.7 Å². The molecular weight excluding hydrogens is 424 g/mol. The van der Waals surface area contributed by atoms with E-state index >= 15 is 0 Å². The van der Waals surface area contributed by atoms with Gasteiger partial charge in [-0.05, 0) is 74.8 Å². The molecule has 184 valence electrons. The molecule has 1 atom stereocenters. The lowest BCUT2D eigenvalue weighted by molar-refractivity contribution is -0.142. The van der Waals surface area contributed by atoms with Gasteiger partial charge in [0.15, 0.2) is 6.61 Å². The first-order chi connectivity index (χ1) is 16.4. The highest BCUT2D eigenvalue weighted by atomic mass is 16.5. The van der Waals surface area contributed by atoms with Crippen LogP contribution in [-0.4, -0.2) is 41.9 Å². The first kappa shape index (κ1) is 25.8. The van der Waals surface area contributed by atoms with Crippen LogP contribution in [0.25, 0.3) is 0 Å². The molecular formula is C29H40N2O3. The number of hydrogen-bond donors (Lipinski definition) is 1. The SMILES string of the molecule is CC[C@H](C(=O)NC1CCCCC1)N(CCc1ccccc1)C(=O)COc1cc(C)cc(C)c1C. The summed E-state index contributed by atoms with van der Waals surface area (Å²) in [5.74, 6) is 0.534. The van der Waals surface area contributed by atoms with Crippen LogP contribution in [0.5, 0.6) is 5.75 Å². The van der Waals surface area contributed by atoms with E-state index in [0.717, 1.165) is 53.7 Å². The van der Waals surface area contributed by atoms with Gasteiger partial charge in [0, 0.05) is 12.6 Å². The molecule has 0 aliphatic heterocycles. The Balaban J connectivity index is 1.74. The predicted molar refractivity (Wildman–Crippen MR) is 137 cm³/mol. The third-order valence-electron chi connectivity index (χ3n) is 6.94. The summed E-state index contributed by atoms with van der Waals surface area (Å²) < 4.78 is 5.99. The Morgan fingerprint density at radius 1 is 1.06 bits per heavy atom. The third-order valence-corrected chi connectivity index (χ3v) is 6.94. The van der Waals surface area contributed by atoms with Crippen molar-refractivity contribution in [3.63, 3.8) is 0 Å². The molecule has 0 saturated heterocycles. The van der Waals surface area contributed by atoms with Gasteiger partial charge in [-0.15, -0.1) is 0 Å². The first-order valence-electron chi connectivity index (χ1n) is 12.7. The van der Waals surface area contributed by atoms with Crippen LogP contribution in [0.2, 0.25) is 0 Å². The molecule has 1 aliphatic rings. The summed E-state index contributed by atoms with van der Waals surface area (Å²) in [6.45, 7) is 8.46. The number of benzene rings is 2. The summed E-state index contributed by atoms with van der Waals surface area (Å²) in [4.78, 5) is 28.4. The van der Waals surface area contributed by atoms with Crippen LogP contribution < -0.4 is 10.1 Å². The fourth-order valence-corrected chi connectivity index (χ4v) is 4.81. The Labute approximate surface area is 204 Å². The van der Waals surface area contributed by atoms with Gasteiger partial charge >= 0.3 is 0 Å². The van der Waals surface area contributed by atoms with E-state index in [1.807, 2.05) is 52.0 Å². The molecule has 5 heteroatoms. The van der Waals surface area contributed by atoms with Gasteiger partial charge in [0.1, 0.15) is 11.8 Å². The normalized spacial score (nSPS) is 14.9. The number of nitrogens with one attached hydrogen (secondary N) is 1. The lowest BCUT2D eigenvalue weighted by atomic mass is 9.95. The molecule has 2 amide bonds. The second-order valence-electron chi connectivity index (χ2n) is 9.58. The highest BCUT2D eigenvalue weighted by Gasteiger charge is 2.30. The Hall–Kier alpha value is -2.82. The van der Waals surface area contributed by atoms with Crippen LogP contribution in [0, 0.1) is 20.8 Å². The van der Waals surface area contributed by atoms with Crippen molar-refractivity contribution in [2.45, 2.75) is 84.7 Å². The van der Waals surface area contributed by atoms with Crippen molar-refractivity contribution in [1.29, 1.82) is 0 Å². The van der Waals surface area contributed by atoms with E-state index in [-0.39, 0.29) is 24.5 Å². The number of nitrogens with zero attached hydrogens (tertiary/aromatic N) is 1. The summed E-state index contributed by atoms with van der Waals surface area (Å²) in [7, 11) is 0. The van der Waals surface area contributed by atoms with Crippen LogP contribution in [0.3, 0.4) is 0 Å². The molecule has 0 radical (unpaired) electrons. The molecule has 1 N–H and O–H groups in total. The average molecular weight is 465 g/mol. The summed E-state index contributed by atoms with van der Waals surface area (Å²) in [5.41, 5.74) is 4.43. The molecule has 2 aromatic rings. The average Bonchev–Trinajstić information content (AvgIpc) is 2.84. The van der Waals surface area contributed by atoms with Crippen LogP contribution in [0.15, 0.2) is 42.5 Å². The second kappa shape index (κ2) is 12.6. The van der Waals surface area contributed by atoms with Gasteiger partial charge in [0.25, 0.3) is 5.91 Å². The molecule has 5 nitrogen and oxygen atoms in total. The minimum absolute atomic E-state index is 0.0432. The van der Waals surface area contributed by atoms with Crippen LogP contribution in [-0.2, 0) is 16.0 Å². The van der Waals surface area contributed by atoms with E-state index in [1.54, 1.807) is 4.90 Å². The summed E-state index contributed by atoms with van der Waals surface area (Å²) >= 11 is 0. The quantitative estimate of drug-likeness (QED) is 0.520. The standard InChI is InChI=1S/C29H40N2O3/c1-5-26(29(33)30-25-14-10-7-11-15-25)31(17-16-24-12-8-6-9-13-24)28(32)20-34-27-19-21(2)18-22(3)23(27)4/h6,8-9,12-13,18-19,25-26H,5,7,10-11,14-17,20H2,1-4H3,(H,30,33)/t26-/m1/s1. The largest absolute Gasteiger partial charge is 0.483 e. The van der Waals surface area contributed by atoms with Crippen molar-refractivity contribution in [1.82, 2.24) is 10.2 Å². The maximum Gasteiger partial charge on any atom is 0.261 e. The van der Waals surface area contributed by atoms with Crippen molar-refractivity contribution in [2.75, 3.05) is 13.2 Å². The van der Waals surface area contributed by atoms with E-state index in [4.69, 9.17) is 4.74 Å². The van der Waals surface area contributed by atoms with Gasteiger partial charge in [-0.25, -0.2) is 0 Å². The zero-order valence-electron chi connectivity index (χ0n) is 21.2. The monoisotopic (exact) mass is 464 g/mol. The Bertz CT molecular complexity index is 951. The van der Waals surface area contributed by atoms with Gasteiger partial charge in [-0.2, -0.15) is 0 Å². The molecule has 0 unspecified atom stereocenters. The fraction of sp³-hybridized carbons (Fsp3) is 0.517. The second-order valence-corrected chi connectivity index (χ2v) is 9.58. The van der Waals surface area contributed by atoms with E-state index in [1.165, 1.54) is 6.42 Å². The Morgan fingerprint density at radius 3 is 2.44 bits per heavy atom. The van der Waals surface area contributed by atoms with E-state index in [0.29, 0.717) is 19.4 Å². The number of hydrogen-bond acceptors (Lipinski definition) is 3. The van der Waals surface area contributed by atoms with Gasteiger partial charge in [-0.1, -0.05) is 62.6 Å². The minimum atomic E-state index is -0.498. The van der Waals surface area contributed by atoms with E-state index < -0.39 is 6.04 Å². The molecule has 1 fully saturated rings. The van der Waals surface area contributed by atoms with Crippen molar-refractivity contribution >= 4 is 11.8 Å². The molecule has 1 aliphatic carbocycles. The van der Waals surface area contributed by atoms with Gasteiger partial charge < -0.3 is 15.0 Å². The molecule has 0 bridgehead atoms. The molecule has 0 spiro atoms. The fourth-order valence-electron chi connectivity index (χ4n) is 4.81. The Morgan fingerprint density at radius 2 is 1.76 bits per heavy atom. The number of ether oxygens (including phenoxy) is 1.